The van der Waals surface area contributed by atoms with E-state index in [0.29, 0.717) is 5.92 Å². The predicted octanol–water partition coefficient (Wildman–Crippen LogP) is 5.26. The Labute approximate surface area is 127 Å². The lowest BCUT2D eigenvalue weighted by Gasteiger charge is -2.23. The summed E-state index contributed by atoms with van der Waals surface area (Å²) in [6.07, 6.45) is 7.79. The van der Waals surface area contributed by atoms with Gasteiger partial charge in [0.25, 0.3) is 0 Å². The molecule has 0 radical (unpaired) electrons. The highest BCUT2D eigenvalue weighted by molar-refractivity contribution is 6.21. The van der Waals surface area contributed by atoms with Gasteiger partial charge in [-0.15, -0.1) is 11.6 Å². The molecule has 20 heavy (non-hydrogen) atoms. The van der Waals surface area contributed by atoms with E-state index in [0.717, 1.165) is 11.5 Å². The van der Waals surface area contributed by atoms with Crippen LogP contribution in [0.5, 0.6) is 11.5 Å². The Balaban J connectivity index is 2.26. The first-order chi connectivity index (χ1) is 9.67. The molecule has 0 bridgehead atoms. The molecule has 2 nitrogen and oxygen atoms in total. The van der Waals surface area contributed by atoms with E-state index in [4.69, 9.17) is 21.1 Å². The summed E-state index contributed by atoms with van der Waals surface area (Å²) in [4.78, 5) is 0. The second-order valence-corrected chi connectivity index (χ2v) is 6.19. The third kappa shape index (κ3) is 3.41. The number of alkyl halides is 1. The van der Waals surface area contributed by atoms with Crippen LogP contribution in [0.2, 0.25) is 0 Å². The van der Waals surface area contributed by atoms with E-state index in [1.54, 1.807) is 14.2 Å². The summed E-state index contributed by atoms with van der Waals surface area (Å²) in [5, 5.41) is 0.0768. The van der Waals surface area contributed by atoms with Crippen LogP contribution in [0.15, 0.2) is 12.1 Å². The molecule has 1 atom stereocenters. The van der Waals surface area contributed by atoms with Crippen molar-refractivity contribution in [2.45, 2.75) is 50.8 Å². The Morgan fingerprint density at radius 2 is 1.55 bits per heavy atom. The SMILES string of the molecule is COc1cc(C)c(C(Cl)C2CCCCCC2)cc1OC. The van der Waals surface area contributed by atoms with Gasteiger partial charge >= 0.3 is 0 Å². The standard InChI is InChI=1S/C17H25ClO2/c1-12-10-15(19-2)16(20-3)11-14(12)17(18)13-8-6-4-5-7-9-13/h10-11,13,17H,4-9H2,1-3H3. The Hall–Kier alpha value is -0.890. The van der Waals surface area contributed by atoms with Gasteiger partial charge in [0.05, 0.1) is 19.6 Å². The first-order valence-corrected chi connectivity index (χ1v) is 7.97. The van der Waals surface area contributed by atoms with Crippen molar-refractivity contribution in [2.24, 2.45) is 5.92 Å². The molecule has 112 valence electrons. The van der Waals surface area contributed by atoms with Gasteiger partial charge in [0.1, 0.15) is 0 Å². The van der Waals surface area contributed by atoms with Crippen LogP contribution in [0.1, 0.15) is 55.0 Å². The molecule has 0 heterocycles. The van der Waals surface area contributed by atoms with Gasteiger partial charge in [0.15, 0.2) is 11.5 Å². The molecule has 0 spiro atoms. The highest BCUT2D eigenvalue weighted by Crippen LogP contribution is 2.42. The van der Waals surface area contributed by atoms with Crippen molar-refractivity contribution < 1.29 is 9.47 Å². The number of hydrogen-bond donors (Lipinski definition) is 0. The van der Waals surface area contributed by atoms with Crippen LogP contribution in [0, 0.1) is 12.8 Å². The number of hydrogen-bond acceptors (Lipinski definition) is 2. The zero-order valence-corrected chi connectivity index (χ0v) is 13.5. The van der Waals surface area contributed by atoms with Crippen molar-refractivity contribution in [3.05, 3.63) is 23.3 Å². The molecule has 1 aromatic rings. The lowest BCUT2D eigenvalue weighted by Crippen LogP contribution is -2.09. The Bertz CT molecular complexity index is 437. The largest absolute Gasteiger partial charge is 0.493 e. The maximum absolute atomic E-state index is 6.79. The molecule has 1 aliphatic rings. The van der Waals surface area contributed by atoms with Gasteiger partial charge < -0.3 is 9.47 Å². The molecular formula is C17H25ClO2. The summed E-state index contributed by atoms with van der Waals surface area (Å²) >= 11 is 6.79. The fraction of sp³-hybridized carbons (Fsp3) is 0.647. The molecule has 1 aromatic carbocycles. The second-order valence-electron chi connectivity index (χ2n) is 5.72. The van der Waals surface area contributed by atoms with Gasteiger partial charge in [-0.25, -0.2) is 0 Å². The molecule has 0 N–H and O–H groups in total. The van der Waals surface area contributed by atoms with Crippen molar-refractivity contribution in [1.29, 1.82) is 0 Å². The molecule has 1 unspecified atom stereocenters. The predicted molar refractivity (Wildman–Crippen MR) is 84.1 cm³/mol. The topological polar surface area (TPSA) is 18.5 Å². The summed E-state index contributed by atoms with van der Waals surface area (Å²) in [5.41, 5.74) is 2.38. The molecule has 1 aliphatic carbocycles. The fourth-order valence-corrected chi connectivity index (χ4v) is 3.64. The van der Waals surface area contributed by atoms with Crippen molar-refractivity contribution in [3.63, 3.8) is 0 Å². The van der Waals surface area contributed by atoms with Crippen molar-refractivity contribution in [2.75, 3.05) is 14.2 Å². The molecule has 0 aliphatic heterocycles. The summed E-state index contributed by atoms with van der Waals surface area (Å²) in [6.45, 7) is 2.10. The van der Waals surface area contributed by atoms with Crippen LogP contribution < -0.4 is 9.47 Å². The van der Waals surface area contributed by atoms with Gasteiger partial charge in [0.2, 0.25) is 0 Å². The summed E-state index contributed by atoms with van der Waals surface area (Å²) in [5.74, 6) is 2.13. The Morgan fingerprint density at radius 3 is 2.10 bits per heavy atom. The fourth-order valence-electron chi connectivity index (χ4n) is 3.15. The van der Waals surface area contributed by atoms with Gasteiger partial charge in [-0.3, -0.25) is 0 Å². The van der Waals surface area contributed by atoms with Crippen molar-refractivity contribution in [1.82, 2.24) is 0 Å². The molecule has 1 saturated carbocycles. The van der Waals surface area contributed by atoms with Crippen LogP contribution in [-0.2, 0) is 0 Å². The molecule has 0 amide bonds. The molecular weight excluding hydrogens is 272 g/mol. The quantitative estimate of drug-likeness (QED) is 0.557. The number of benzene rings is 1. The Morgan fingerprint density at radius 1 is 1.00 bits per heavy atom. The van der Waals surface area contributed by atoms with Crippen LogP contribution in [0.4, 0.5) is 0 Å². The number of rotatable bonds is 4. The zero-order chi connectivity index (χ0) is 14.5. The van der Waals surface area contributed by atoms with Crippen LogP contribution in [0.25, 0.3) is 0 Å². The molecule has 0 aromatic heterocycles. The molecule has 3 heteroatoms. The highest BCUT2D eigenvalue weighted by Gasteiger charge is 2.24. The second kappa shape index (κ2) is 7.21. The van der Waals surface area contributed by atoms with Crippen molar-refractivity contribution in [3.8, 4) is 11.5 Å². The van der Waals surface area contributed by atoms with E-state index >= 15 is 0 Å². The third-order valence-electron chi connectivity index (χ3n) is 4.38. The third-order valence-corrected chi connectivity index (χ3v) is 4.97. The summed E-state index contributed by atoms with van der Waals surface area (Å²) in [6, 6.07) is 4.08. The number of ether oxygens (including phenoxy) is 2. The monoisotopic (exact) mass is 296 g/mol. The molecule has 0 saturated heterocycles. The lowest BCUT2D eigenvalue weighted by atomic mass is 9.89. The average molecular weight is 297 g/mol. The van der Waals surface area contributed by atoms with E-state index in [9.17, 15) is 0 Å². The van der Waals surface area contributed by atoms with E-state index in [-0.39, 0.29) is 5.38 Å². The number of aryl methyl sites for hydroxylation is 1. The maximum atomic E-state index is 6.79. The number of methoxy groups -OCH3 is 2. The maximum Gasteiger partial charge on any atom is 0.161 e. The summed E-state index contributed by atoms with van der Waals surface area (Å²) in [7, 11) is 3.34. The average Bonchev–Trinajstić information content (AvgIpc) is 2.75. The zero-order valence-electron chi connectivity index (χ0n) is 12.7. The highest BCUT2D eigenvalue weighted by atomic mass is 35.5. The molecule has 2 rings (SSSR count). The minimum atomic E-state index is 0.0768. The van der Waals surface area contributed by atoms with Crippen LogP contribution in [0.3, 0.4) is 0 Å². The van der Waals surface area contributed by atoms with Crippen molar-refractivity contribution >= 4 is 11.6 Å². The normalized spacial score (nSPS) is 18.4. The van der Waals surface area contributed by atoms with Gasteiger partial charge in [-0.05, 0) is 48.9 Å². The summed E-state index contributed by atoms with van der Waals surface area (Å²) < 4.78 is 10.8. The Kier molecular flexibility index (Phi) is 5.59. The lowest BCUT2D eigenvalue weighted by molar-refractivity contribution is 0.353. The van der Waals surface area contributed by atoms with Gasteiger partial charge in [0, 0.05) is 0 Å². The van der Waals surface area contributed by atoms with Crippen LogP contribution >= 0.6 is 11.6 Å². The van der Waals surface area contributed by atoms with E-state index < -0.39 is 0 Å². The minimum absolute atomic E-state index is 0.0768. The van der Waals surface area contributed by atoms with Gasteiger partial charge in [-0.1, -0.05) is 25.7 Å². The van der Waals surface area contributed by atoms with E-state index in [2.05, 4.69) is 13.0 Å². The van der Waals surface area contributed by atoms with Gasteiger partial charge in [-0.2, -0.15) is 0 Å². The first kappa shape index (κ1) is 15.5. The molecule has 1 fully saturated rings. The first-order valence-electron chi connectivity index (χ1n) is 7.54. The van der Waals surface area contributed by atoms with E-state index in [1.807, 2.05) is 6.07 Å². The van der Waals surface area contributed by atoms with E-state index in [1.165, 1.54) is 49.7 Å². The van der Waals surface area contributed by atoms with Crippen LogP contribution in [-0.4, -0.2) is 14.2 Å². The number of halogens is 1. The minimum Gasteiger partial charge on any atom is -0.493 e. The smallest absolute Gasteiger partial charge is 0.161 e.